The predicted octanol–water partition coefficient (Wildman–Crippen LogP) is -1.25. The number of rotatable bonds is 14. The maximum atomic E-state index is 12.9. The van der Waals surface area contributed by atoms with Crippen LogP contribution < -0.4 is 21.7 Å². The molecular formula is C20H32N6O7. The topological polar surface area (TPSA) is 217 Å². The Bertz CT molecular complexity index is 829. The summed E-state index contributed by atoms with van der Waals surface area (Å²) in [4.78, 5) is 66.8. The lowest BCUT2D eigenvalue weighted by Crippen LogP contribution is -2.58. The van der Waals surface area contributed by atoms with Gasteiger partial charge < -0.3 is 36.9 Å². The van der Waals surface area contributed by atoms with Gasteiger partial charge in [0.15, 0.2) is 0 Å². The molecule has 0 aliphatic heterocycles. The van der Waals surface area contributed by atoms with Gasteiger partial charge in [-0.15, -0.1) is 0 Å². The summed E-state index contributed by atoms with van der Waals surface area (Å²) in [7, 11) is 0. The summed E-state index contributed by atoms with van der Waals surface area (Å²) in [6.07, 6.45) is 2.74. The minimum absolute atomic E-state index is 0.0457. The number of H-pyrrole nitrogens is 1. The Hall–Kier alpha value is -3.48. The molecule has 184 valence electrons. The highest BCUT2D eigenvalue weighted by Crippen LogP contribution is 2.08. The normalized spacial score (nSPS) is 15.4. The Kier molecular flexibility index (Phi) is 11.0. The fourth-order valence-electron chi connectivity index (χ4n) is 2.79. The molecule has 1 aromatic heterocycles. The van der Waals surface area contributed by atoms with Crippen LogP contribution in [0.3, 0.4) is 0 Å². The highest BCUT2D eigenvalue weighted by Gasteiger charge is 2.31. The molecule has 0 aliphatic rings. The quantitative estimate of drug-likeness (QED) is 0.173. The molecule has 5 atom stereocenters. The van der Waals surface area contributed by atoms with Gasteiger partial charge in [-0.05, 0) is 19.3 Å². The summed E-state index contributed by atoms with van der Waals surface area (Å²) in [6.45, 7) is 4.88. The van der Waals surface area contributed by atoms with Crippen molar-refractivity contribution in [2.75, 3.05) is 0 Å². The minimum atomic E-state index is -1.27. The SMILES string of the molecule is CCC(C)C(N)C(=O)NC(CCC(=O)O)C(=O)NC(Cc1cnc[nH]1)C(=O)NC(C)C(=O)O. The highest BCUT2D eigenvalue weighted by atomic mass is 16.4. The number of carbonyl (C=O) groups is 5. The third-order valence-corrected chi connectivity index (χ3v) is 5.18. The van der Waals surface area contributed by atoms with Crippen molar-refractivity contribution in [3.8, 4) is 0 Å². The number of carboxylic acid groups (broad SMARTS) is 2. The van der Waals surface area contributed by atoms with Gasteiger partial charge in [0.2, 0.25) is 17.7 Å². The number of nitrogens with one attached hydrogen (secondary N) is 4. The maximum Gasteiger partial charge on any atom is 0.325 e. The van der Waals surface area contributed by atoms with Gasteiger partial charge in [0, 0.05) is 24.7 Å². The molecule has 0 spiro atoms. The first-order valence-corrected chi connectivity index (χ1v) is 10.5. The zero-order valence-corrected chi connectivity index (χ0v) is 18.8. The number of nitrogens with zero attached hydrogens (tertiary/aromatic N) is 1. The molecule has 0 bridgehead atoms. The van der Waals surface area contributed by atoms with Crippen LogP contribution in [0.15, 0.2) is 12.5 Å². The third-order valence-electron chi connectivity index (χ3n) is 5.18. The standard InChI is InChI=1S/C20H32N6O7/c1-4-10(2)16(21)19(31)25-13(5-6-15(27)28)17(29)26-14(7-12-8-22-9-23-12)18(30)24-11(3)20(32)33/h8-11,13-14,16H,4-7,21H2,1-3H3,(H,22,23)(H,24,30)(H,25,31)(H,26,29)(H,27,28)(H,32,33). The Balaban J connectivity index is 3.03. The molecule has 5 unspecified atom stereocenters. The van der Waals surface area contributed by atoms with E-state index >= 15 is 0 Å². The lowest BCUT2D eigenvalue weighted by Gasteiger charge is -2.25. The molecule has 0 radical (unpaired) electrons. The molecule has 13 nitrogen and oxygen atoms in total. The first-order valence-electron chi connectivity index (χ1n) is 10.5. The van der Waals surface area contributed by atoms with E-state index in [4.69, 9.17) is 15.9 Å². The van der Waals surface area contributed by atoms with Crippen LogP contribution in [0.2, 0.25) is 0 Å². The average molecular weight is 469 g/mol. The minimum Gasteiger partial charge on any atom is -0.481 e. The fourth-order valence-corrected chi connectivity index (χ4v) is 2.79. The molecule has 13 heteroatoms. The van der Waals surface area contributed by atoms with E-state index in [1.807, 2.05) is 6.92 Å². The van der Waals surface area contributed by atoms with Crippen molar-refractivity contribution in [3.63, 3.8) is 0 Å². The van der Waals surface area contributed by atoms with Crippen LogP contribution >= 0.6 is 0 Å². The zero-order valence-electron chi connectivity index (χ0n) is 18.8. The Morgan fingerprint density at radius 1 is 1.03 bits per heavy atom. The van der Waals surface area contributed by atoms with E-state index in [1.54, 1.807) is 6.92 Å². The van der Waals surface area contributed by atoms with Crippen LogP contribution in [0, 0.1) is 5.92 Å². The van der Waals surface area contributed by atoms with Gasteiger partial charge in [0.25, 0.3) is 0 Å². The summed E-state index contributed by atoms with van der Waals surface area (Å²) in [5.41, 5.74) is 6.40. The van der Waals surface area contributed by atoms with Crippen LogP contribution in [0.25, 0.3) is 0 Å². The second-order valence-corrected chi connectivity index (χ2v) is 7.82. The van der Waals surface area contributed by atoms with Gasteiger partial charge >= 0.3 is 11.9 Å². The summed E-state index contributed by atoms with van der Waals surface area (Å²) in [6, 6.07) is -4.60. The van der Waals surface area contributed by atoms with Gasteiger partial charge in [-0.2, -0.15) is 0 Å². The number of amides is 3. The van der Waals surface area contributed by atoms with E-state index < -0.39 is 60.2 Å². The van der Waals surface area contributed by atoms with E-state index in [0.29, 0.717) is 12.1 Å². The Morgan fingerprint density at radius 3 is 2.15 bits per heavy atom. The summed E-state index contributed by atoms with van der Waals surface area (Å²) in [5.74, 6) is -4.81. The lowest BCUT2D eigenvalue weighted by molar-refractivity contribution is -0.141. The number of aromatic amines is 1. The lowest BCUT2D eigenvalue weighted by atomic mass is 9.98. The van der Waals surface area contributed by atoms with E-state index in [9.17, 15) is 24.0 Å². The molecule has 0 aromatic carbocycles. The number of aliphatic carboxylic acids is 2. The number of nitrogens with two attached hydrogens (primary N) is 1. The van der Waals surface area contributed by atoms with Gasteiger partial charge in [-0.25, -0.2) is 4.98 Å². The molecule has 0 aliphatic carbocycles. The summed E-state index contributed by atoms with van der Waals surface area (Å²) >= 11 is 0. The van der Waals surface area contributed by atoms with Crippen molar-refractivity contribution < 1.29 is 34.2 Å². The second-order valence-electron chi connectivity index (χ2n) is 7.82. The molecule has 0 fully saturated rings. The number of aromatic nitrogens is 2. The van der Waals surface area contributed by atoms with Crippen molar-refractivity contribution >= 4 is 29.7 Å². The first-order chi connectivity index (χ1) is 15.5. The van der Waals surface area contributed by atoms with Crippen molar-refractivity contribution in [3.05, 3.63) is 18.2 Å². The zero-order chi connectivity index (χ0) is 25.1. The van der Waals surface area contributed by atoms with Crippen LogP contribution in [-0.4, -0.2) is 74.0 Å². The number of imidazole rings is 1. The number of carboxylic acids is 2. The maximum absolute atomic E-state index is 12.9. The van der Waals surface area contributed by atoms with Gasteiger partial charge in [0.05, 0.1) is 12.4 Å². The summed E-state index contributed by atoms with van der Waals surface area (Å²) in [5, 5.41) is 25.3. The van der Waals surface area contributed by atoms with Crippen molar-refractivity contribution in [1.82, 2.24) is 25.9 Å². The van der Waals surface area contributed by atoms with Gasteiger partial charge in [0.1, 0.15) is 18.1 Å². The molecule has 8 N–H and O–H groups in total. The smallest absolute Gasteiger partial charge is 0.325 e. The largest absolute Gasteiger partial charge is 0.481 e. The van der Waals surface area contributed by atoms with E-state index in [-0.39, 0.29) is 18.8 Å². The Morgan fingerprint density at radius 2 is 1.64 bits per heavy atom. The second kappa shape index (κ2) is 13.2. The van der Waals surface area contributed by atoms with Crippen molar-refractivity contribution in [1.29, 1.82) is 0 Å². The van der Waals surface area contributed by atoms with Crippen LogP contribution in [0.1, 0.15) is 45.7 Å². The molecule has 1 rings (SSSR count). The van der Waals surface area contributed by atoms with Crippen molar-refractivity contribution in [2.45, 2.75) is 70.6 Å². The predicted molar refractivity (Wildman–Crippen MR) is 116 cm³/mol. The number of hydrogen-bond donors (Lipinski definition) is 7. The average Bonchev–Trinajstić information content (AvgIpc) is 3.27. The molecule has 3 amide bonds. The van der Waals surface area contributed by atoms with Crippen LogP contribution in [0.5, 0.6) is 0 Å². The first kappa shape index (κ1) is 27.6. The van der Waals surface area contributed by atoms with Gasteiger partial charge in [-0.1, -0.05) is 20.3 Å². The van der Waals surface area contributed by atoms with Gasteiger partial charge in [-0.3, -0.25) is 24.0 Å². The number of carbonyl (C=O) groups excluding carboxylic acids is 3. The molecule has 0 saturated carbocycles. The van der Waals surface area contributed by atoms with Crippen molar-refractivity contribution in [2.24, 2.45) is 11.7 Å². The fraction of sp³-hybridized carbons (Fsp3) is 0.600. The van der Waals surface area contributed by atoms with E-state index in [0.717, 1.165) is 0 Å². The van der Waals surface area contributed by atoms with E-state index in [2.05, 4.69) is 25.9 Å². The van der Waals surface area contributed by atoms with E-state index in [1.165, 1.54) is 19.4 Å². The molecule has 1 heterocycles. The Labute approximate surface area is 190 Å². The molecule has 1 aromatic rings. The monoisotopic (exact) mass is 468 g/mol. The summed E-state index contributed by atoms with van der Waals surface area (Å²) < 4.78 is 0. The third kappa shape index (κ3) is 9.27. The molecule has 33 heavy (non-hydrogen) atoms. The highest BCUT2D eigenvalue weighted by molar-refractivity contribution is 5.94. The molecule has 0 saturated heterocycles. The molecular weight excluding hydrogens is 436 g/mol. The van der Waals surface area contributed by atoms with Crippen LogP contribution in [0.4, 0.5) is 0 Å². The number of hydrogen-bond acceptors (Lipinski definition) is 7. The van der Waals surface area contributed by atoms with Crippen LogP contribution in [-0.2, 0) is 30.4 Å².